The van der Waals surface area contributed by atoms with Gasteiger partial charge in [0.1, 0.15) is 10.7 Å². The molecule has 4 aromatic rings. The molecule has 1 fully saturated rings. The third-order valence-electron chi connectivity index (χ3n) is 6.22. The molecule has 0 radical (unpaired) electrons. The molecule has 182 valence electrons. The van der Waals surface area contributed by atoms with Crippen LogP contribution < -0.4 is 5.56 Å². The van der Waals surface area contributed by atoms with Crippen LogP contribution in [0.3, 0.4) is 0 Å². The molecule has 11 heteroatoms. The van der Waals surface area contributed by atoms with E-state index in [9.17, 15) is 18.0 Å². The van der Waals surface area contributed by atoms with E-state index in [0.717, 1.165) is 17.7 Å². The van der Waals surface area contributed by atoms with Crippen LogP contribution in [0.2, 0.25) is 5.02 Å². The number of benzene rings is 1. The number of halogens is 4. The van der Waals surface area contributed by atoms with E-state index in [1.165, 1.54) is 16.5 Å². The standard InChI is InChI=1S/C24H21ClF3N5O2/c1-13-20(25)23(34)33-12-18(15-7-8-35-19(9-15)16-10-29-32(2)11-16)31-21(22(33)30-13)14-3-5-17(6-4-14)24(26,27)28/h3-6,10-12,15,19H,7-9H2,1-2H3/t15-,19+/m1/s1. The lowest BCUT2D eigenvalue weighted by molar-refractivity contribution is -0.137. The molecule has 0 unspecified atom stereocenters. The third kappa shape index (κ3) is 4.43. The first-order valence-corrected chi connectivity index (χ1v) is 11.4. The average molecular weight is 504 g/mol. The monoisotopic (exact) mass is 503 g/mol. The van der Waals surface area contributed by atoms with E-state index < -0.39 is 17.3 Å². The van der Waals surface area contributed by atoms with Gasteiger partial charge in [0, 0.05) is 43.1 Å². The Kier molecular flexibility index (Phi) is 5.88. The van der Waals surface area contributed by atoms with E-state index in [1.54, 1.807) is 24.0 Å². The molecule has 7 nitrogen and oxygen atoms in total. The van der Waals surface area contributed by atoms with Crippen molar-refractivity contribution >= 4 is 17.2 Å². The SMILES string of the molecule is Cc1nc2c(-c3ccc(C(F)(F)F)cc3)nc([C@@H]3CCO[C@H](c4cnn(C)c4)C3)cn2c(=O)c1Cl. The fourth-order valence-corrected chi connectivity index (χ4v) is 4.49. The molecule has 0 saturated carbocycles. The van der Waals surface area contributed by atoms with Crippen LogP contribution in [0.25, 0.3) is 16.9 Å². The number of alkyl halides is 3. The lowest BCUT2D eigenvalue weighted by Crippen LogP contribution is -2.23. The van der Waals surface area contributed by atoms with Gasteiger partial charge in [0.05, 0.1) is 29.3 Å². The Hall–Kier alpha value is -3.24. The quantitative estimate of drug-likeness (QED) is 0.388. The minimum Gasteiger partial charge on any atom is -0.373 e. The summed E-state index contributed by atoms with van der Waals surface area (Å²) in [5.41, 5.74) is 1.63. The Morgan fingerprint density at radius 1 is 1.14 bits per heavy atom. The van der Waals surface area contributed by atoms with Crippen LogP contribution in [0.5, 0.6) is 0 Å². The van der Waals surface area contributed by atoms with Crippen LogP contribution in [0.15, 0.2) is 47.7 Å². The number of ether oxygens (including phenoxy) is 1. The molecule has 0 spiro atoms. The molecule has 1 aliphatic rings. The fourth-order valence-electron chi connectivity index (χ4n) is 4.36. The Labute approximate surface area is 203 Å². The first kappa shape index (κ1) is 23.5. The van der Waals surface area contributed by atoms with E-state index in [4.69, 9.17) is 21.3 Å². The maximum Gasteiger partial charge on any atom is 0.416 e. The van der Waals surface area contributed by atoms with E-state index in [2.05, 4.69) is 10.1 Å². The van der Waals surface area contributed by atoms with Gasteiger partial charge in [0.25, 0.3) is 5.56 Å². The molecule has 35 heavy (non-hydrogen) atoms. The average Bonchev–Trinajstić information content (AvgIpc) is 3.28. The number of nitrogens with zero attached hydrogens (tertiary/aromatic N) is 5. The van der Waals surface area contributed by atoms with Crippen molar-refractivity contribution in [2.75, 3.05) is 6.61 Å². The van der Waals surface area contributed by atoms with Gasteiger partial charge in [0.15, 0.2) is 5.65 Å². The molecular formula is C24H21ClF3N5O2. The minimum absolute atomic E-state index is 0.0155. The first-order valence-electron chi connectivity index (χ1n) is 11.0. The molecule has 1 saturated heterocycles. The molecule has 1 aromatic carbocycles. The summed E-state index contributed by atoms with van der Waals surface area (Å²) in [4.78, 5) is 22.3. The number of rotatable bonds is 3. The van der Waals surface area contributed by atoms with E-state index >= 15 is 0 Å². The highest BCUT2D eigenvalue weighted by Gasteiger charge is 2.31. The summed E-state index contributed by atoms with van der Waals surface area (Å²) in [7, 11) is 1.83. The van der Waals surface area contributed by atoms with Gasteiger partial charge in [-0.3, -0.25) is 13.9 Å². The largest absolute Gasteiger partial charge is 0.416 e. The number of hydrogen-bond donors (Lipinski definition) is 0. The van der Waals surface area contributed by atoms with Crippen LogP contribution >= 0.6 is 11.6 Å². The maximum absolute atomic E-state index is 13.1. The third-order valence-corrected chi connectivity index (χ3v) is 6.66. The molecule has 0 bridgehead atoms. The van der Waals surface area contributed by atoms with Gasteiger partial charge in [-0.1, -0.05) is 23.7 Å². The fraction of sp³-hybridized carbons (Fsp3) is 0.333. The van der Waals surface area contributed by atoms with Gasteiger partial charge in [-0.15, -0.1) is 0 Å². The van der Waals surface area contributed by atoms with Crippen molar-refractivity contribution in [3.8, 4) is 11.3 Å². The zero-order valence-electron chi connectivity index (χ0n) is 18.9. The highest BCUT2D eigenvalue weighted by Crippen LogP contribution is 2.38. The topological polar surface area (TPSA) is 74.3 Å². The molecular weight excluding hydrogens is 483 g/mol. The maximum atomic E-state index is 13.1. The van der Waals surface area contributed by atoms with E-state index in [-0.39, 0.29) is 22.7 Å². The molecule has 1 aliphatic heterocycles. The van der Waals surface area contributed by atoms with Crippen molar-refractivity contribution in [2.24, 2.45) is 7.05 Å². The van der Waals surface area contributed by atoms with Crippen LogP contribution in [-0.2, 0) is 18.0 Å². The lowest BCUT2D eigenvalue weighted by Gasteiger charge is -2.29. The van der Waals surface area contributed by atoms with Crippen molar-refractivity contribution in [1.29, 1.82) is 0 Å². The number of aromatic nitrogens is 5. The normalized spacial score (nSPS) is 18.8. The second-order valence-corrected chi connectivity index (χ2v) is 9.01. The Morgan fingerprint density at radius 2 is 1.89 bits per heavy atom. The van der Waals surface area contributed by atoms with Crippen molar-refractivity contribution in [1.82, 2.24) is 24.1 Å². The Morgan fingerprint density at radius 3 is 2.54 bits per heavy atom. The summed E-state index contributed by atoms with van der Waals surface area (Å²) in [6, 6.07) is 4.67. The van der Waals surface area contributed by atoms with Crippen molar-refractivity contribution in [3.63, 3.8) is 0 Å². The summed E-state index contributed by atoms with van der Waals surface area (Å²) in [6.45, 7) is 2.09. The Bertz CT molecular complexity index is 1460. The molecule has 0 N–H and O–H groups in total. The van der Waals surface area contributed by atoms with Crippen molar-refractivity contribution in [3.05, 3.63) is 80.7 Å². The highest BCUT2D eigenvalue weighted by molar-refractivity contribution is 6.31. The van der Waals surface area contributed by atoms with E-state index in [0.29, 0.717) is 42.1 Å². The molecule has 5 rings (SSSR count). The first-order chi connectivity index (χ1) is 16.6. The zero-order valence-corrected chi connectivity index (χ0v) is 19.6. The van der Waals surface area contributed by atoms with Gasteiger partial charge < -0.3 is 4.74 Å². The van der Waals surface area contributed by atoms with Gasteiger partial charge in [-0.05, 0) is 31.9 Å². The predicted octanol–water partition coefficient (Wildman–Crippen LogP) is 5.11. The van der Waals surface area contributed by atoms with Crippen LogP contribution in [-0.4, -0.2) is 30.8 Å². The van der Waals surface area contributed by atoms with Crippen LogP contribution in [0.4, 0.5) is 13.2 Å². The van der Waals surface area contributed by atoms with E-state index in [1.807, 2.05) is 13.2 Å². The number of fused-ring (bicyclic) bond motifs is 1. The van der Waals surface area contributed by atoms with Gasteiger partial charge >= 0.3 is 6.18 Å². The summed E-state index contributed by atoms with van der Waals surface area (Å²) in [5, 5.41) is 4.20. The van der Waals surface area contributed by atoms with Gasteiger partial charge in [-0.25, -0.2) is 9.97 Å². The second-order valence-electron chi connectivity index (χ2n) is 8.63. The van der Waals surface area contributed by atoms with Gasteiger partial charge in [0.2, 0.25) is 0 Å². The van der Waals surface area contributed by atoms with Crippen LogP contribution in [0.1, 0.15) is 47.4 Å². The summed E-state index contributed by atoms with van der Waals surface area (Å²) >= 11 is 6.20. The predicted molar refractivity (Wildman–Crippen MR) is 123 cm³/mol. The lowest BCUT2D eigenvalue weighted by atomic mass is 9.90. The number of hydrogen-bond acceptors (Lipinski definition) is 5. The summed E-state index contributed by atoms with van der Waals surface area (Å²) in [6.07, 6.45) is 1.91. The molecule has 3 aromatic heterocycles. The highest BCUT2D eigenvalue weighted by atomic mass is 35.5. The molecule has 2 atom stereocenters. The number of aryl methyl sites for hydroxylation is 2. The van der Waals surface area contributed by atoms with Crippen molar-refractivity contribution < 1.29 is 17.9 Å². The van der Waals surface area contributed by atoms with Crippen molar-refractivity contribution in [2.45, 2.75) is 38.0 Å². The summed E-state index contributed by atoms with van der Waals surface area (Å²) < 4.78 is 48.3. The zero-order chi connectivity index (χ0) is 24.9. The van der Waals surface area contributed by atoms with Crippen LogP contribution in [0, 0.1) is 6.92 Å². The summed E-state index contributed by atoms with van der Waals surface area (Å²) in [5.74, 6) is -0.0569. The minimum atomic E-state index is -4.46. The Balaban J connectivity index is 1.63. The molecule has 4 heterocycles. The van der Waals surface area contributed by atoms with Gasteiger partial charge in [-0.2, -0.15) is 18.3 Å². The molecule has 0 amide bonds. The smallest absolute Gasteiger partial charge is 0.373 e. The molecule has 0 aliphatic carbocycles. The second kappa shape index (κ2) is 8.76.